The quantitative estimate of drug-likeness (QED) is 0.910. The van der Waals surface area contributed by atoms with E-state index in [9.17, 15) is 9.90 Å². The molecule has 3 rings (SSSR count). The number of carboxylic acid groups (broad SMARTS) is 1. The van der Waals surface area contributed by atoms with Crippen LogP contribution in [0.4, 0.5) is 5.82 Å². The number of aromatic nitrogens is 1. The van der Waals surface area contributed by atoms with Gasteiger partial charge in [0, 0.05) is 22.9 Å². The number of pyridine rings is 1. The van der Waals surface area contributed by atoms with Crippen molar-refractivity contribution in [1.82, 2.24) is 4.98 Å². The van der Waals surface area contributed by atoms with Crippen LogP contribution in [0.2, 0.25) is 0 Å². The van der Waals surface area contributed by atoms with Crippen molar-refractivity contribution < 1.29 is 9.90 Å². The highest BCUT2D eigenvalue weighted by molar-refractivity contribution is 9.10. The Hall–Kier alpha value is -1.62. The van der Waals surface area contributed by atoms with E-state index >= 15 is 0 Å². The lowest BCUT2D eigenvalue weighted by Gasteiger charge is -2.29. The number of rotatable bonds is 2. The summed E-state index contributed by atoms with van der Waals surface area (Å²) in [6, 6.07) is 7.50. The lowest BCUT2D eigenvalue weighted by atomic mass is 10.1. The van der Waals surface area contributed by atoms with Crippen molar-refractivity contribution >= 4 is 38.5 Å². The van der Waals surface area contributed by atoms with Crippen LogP contribution in [-0.4, -0.2) is 29.1 Å². The Balaban J connectivity index is 2.19. The normalized spacial score (nSPS) is 15.6. The van der Waals surface area contributed by atoms with Crippen molar-refractivity contribution in [3.8, 4) is 0 Å². The van der Waals surface area contributed by atoms with E-state index in [-0.39, 0.29) is 5.69 Å². The zero-order valence-corrected chi connectivity index (χ0v) is 12.6. The van der Waals surface area contributed by atoms with Crippen LogP contribution in [0.3, 0.4) is 0 Å². The third kappa shape index (κ3) is 2.50. The Kier molecular flexibility index (Phi) is 3.61. The fourth-order valence-corrected chi connectivity index (χ4v) is 3.02. The van der Waals surface area contributed by atoms with Gasteiger partial charge >= 0.3 is 5.97 Å². The monoisotopic (exact) mass is 334 g/mol. The molecular weight excluding hydrogens is 320 g/mol. The molecule has 1 N–H and O–H groups in total. The van der Waals surface area contributed by atoms with E-state index in [1.807, 2.05) is 18.2 Å². The van der Waals surface area contributed by atoms with Gasteiger partial charge in [-0.15, -0.1) is 0 Å². The van der Waals surface area contributed by atoms with E-state index in [2.05, 4.69) is 25.8 Å². The number of nitrogens with zero attached hydrogens (tertiary/aromatic N) is 2. The Labute approximate surface area is 125 Å². The second-order valence-electron chi connectivity index (χ2n) is 5.05. The number of hydrogen-bond acceptors (Lipinski definition) is 3. The molecule has 0 atom stereocenters. The number of piperidine rings is 1. The number of carboxylic acids is 1. The van der Waals surface area contributed by atoms with Crippen molar-refractivity contribution in [2.75, 3.05) is 18.0 Å². The Morgan fingerprint density at radius 3 is 2.65 bits per heavy atom. The van der Waals surface area contributed by atoms with Crippen LogP contribution >= 0.6 is 15.9 Å². The van der Waals surface area contributed by atoms with Crippen LogP contribution in [0.25, 0.3) is 10.8 Å². The standard InChI is InChI=1S/C15H15BrN2O2/c16-11-5-4-10-8-13(15(19)20)17-14(12(10)9-11)18-6-2-1-3-7-18/h4-5,8-9H,1-3,6-7H2,(H,19,20). The molecule has 0 spiro atoms. The third-order valence-electron chi connectivity index (χ3n) is 3.65. The first-order valence-corrected chi connectivity index (χ1v) is 7.53. The SMILES string of the molecule is O=C(O)c1cc2ccc(Br)cc2c(N2CCCCC2)n1. The van der Waals surface area contributed by atoms with Gasteiger partial charge in [0.2, 0.25) is 0 Å². The number of carbonyl (C=O) groups is 1. The van der Waals surface area contributed by atoms with E-state index in [1.54, 1.807) is 6.07 Å². The molecule has 1 fully saturated rings. The van der Waals surface area contributed by atoms with Crippen LogP contribution in [0.5, 0.6) is 0 Å². The zero-order chi connectivity index (χ0) is 14.1. The number of hydrogen-bond donors (Lipinski definition) is 1. The molecule has 5 heteroatoms. The summed E-state index contributed by atoms with van der Waals surface area (Å²) < 4.78 is 0.980. The molecule has 0 bridgehead atoms. The Morgan fingerprint density at radius 2 is 1.95 bits per heavy atom. The molecule has 0 amide bonds. The average Bonchev–Trinajstić information content (AvgIpc) is 2.47. The molecule has 0 aliphatic carbocycles. The van der Waals surface area contributed by atoms with Crippen molar-refractivity contribution in [3.63, 3.8) is 0 Å². The molecule has 20 heavy (non-hydrogen) atoms. The topological polar surface area (TPSA) is 53.4 Å². The van der Waals surface area contributed by atoms with Crippen molar-refractivity contribution in [3.05, 3.63) is 34.4 Å². The summed E-state index contributed by atoms with van der Waals surface area (Å²) in [7, 11) is 0. The maximum atomic E-state index is 11.3. The summed E-state index contributed by atoms with van der Waals surface area (Å²) in [5, 5.41) is 11.2. The van der Waals surface area contributed by atoms with E-state index in [4.69, 9.17) is 0 Å². The summed E-state index contributed by atoms with van der Waals surface area (Å²) in [6.07, 6.45) is 3.50. The molecule has 1 aromatic heterocycles. The van der Waals surface area contributed by atoms with Gasteiger partial charge in [0.1, 0.15) is 5.82 Å². The van der Waals surface area contributed by atoms with Crippen molar-refractivity contribution in [2.45, 2.75) is 19.3 Å². The van der Waals surface area contributed by atoms with Crippen molar-refractivity contribution in [1.29, 1.82) is 0 Å². The molecule has 1 saturated heterocycles. The first-order chi connectivity index (χ1) is 9.65. The van der Waals surface area contributed by atoms with Crippen LogP contribution in [-0.2, 0) is 0 Å². The maximum absolute atomic E-state index is 11.3. The van der Waals surface area contributed by atoms with Crippen molar-refractivity contribution in [2.24, 2.45) is 0 Å². The lowest BCUT2D eigenvalue weighted by molar-refractivity contribution is 0.0691. The second-order valence-corrected chi connectivity index (χ2v) is 5.97. The fourth-order valence-electron chi connectivity index (χ4n) is 2.66. The molecule has 104 valence electrons. The molecular formula is C15H15BrN2O2. The zero-order valence-electron chi connectivity index (χ0n) is 11.0. The fraction of sp³-hybridized carbons (Fsp3) is 0.333. The van der Waals surface area contributed by atoms with E-state index in [0.717, 1.165) is 47.0 Å². The Bertz CT molecular complexity index is 666. The molecule has 0 unspecified atom stereocenters. The second kappa shape index (κ2) is 5.40. The minimum atomic E-state index is -0.979. The van der Waals surface area contributed by atoms with Crippen LogP contribution in [0.15, 0.2) is 28.7 Å². The largest absolute Gasteiger partial charge is 0.477 e. The molecule has 0 radical (unpaired) electrons. The summed E-state index contributed by atoms with van der Waals surface area (Å²) in [5.41, 5.74) is 0.111. The summed E-state index contributed by atoms with van der Waals surface area (Å²) in [6.45, 7) is 1.88. The number of halogens is 1. The maximum Gasteiger partial charge on any atom is 0.354 e. The molecule has 0 saturated carbocycles. The summed E-state index contributed by atoms with van der Waals surface area (Å²) >= 11 is 3.48. The van der Waals surface area contributed by atoms with Gasteiger partial charge in [-0.25, -0.2) is 9.78 Å². The van der Waals surface area contributed by atoms with Gasteiger partial charge in [-0.3, -0.25) is 0 Å². The van der Waals surface area contributed by atoms with Gasteiger partial charge in [0.25, 0.3) is 0 Å². The lowest BCUT2D eigenvalue weighted by Crippen LogP contribution is -2.30. The number of anilines is 1. The number of fused-ring (bicyclic) bond motifs is 1. The van der Waals surface area contributed by atoms with Crippen LogP contribution < -0.4 is 4.90 Å². The predicted molar refractivity (Wildman–Crippen MR) is 82.5 cm³/mol. The molecule has 1 aliphatic heterocycles. The van der Waals surface area contributed by atoms with Gasteiger partial charge in [-0.2, -0.15) is 0 Å². The number of aromatic carboxylic acids is 1. The minimum Gasteiger partial charge on any atom is -0.477 e. The first-order valence-electron chi connectivity index (χ1n) is 6.74. The molecule has 4 nitrogen and oxygen atoms in total. The van der Waals surface area contributed by atoms with Gasteiger partial charge in [-0.05, 0) is 42.8 Å². The summed E-state index contributed by atoms with van der Waals surface area (Å²) in [4.78, 5) is 17.8. The van der Waals surface area contributed by atoms with E-state index in [1.165, 1.54) is 6.42 Å². The van der Waals surface area contributed by atoms with Crippen LogP contribution in [0, 0.1) is 0 Å². The van der Waals surface area contributed by atoms with Gasteiger partial charge in [-0.1, -0.05) is 22.0 Å². The smallest absolute Gasteiger partial charge is 0.354 e. The highest BCUT2D eigenvalue weighted by Gasteiger charge is 2.18. The number of benzene rings is 1. The summed E-state index contributed by atoms with van der Waals surface area (Å²) in [5.74, 6) is -0.186. The van der Waals surface area contributed by atoms with Crippen LogP contribution in [0.1, 0.15) is 29.8 Å². The predicted octanol–water partition coefficient (Wildman–Crippen LogP) is 3.69. The molecule has 1 aliphatic rings. The first kappa shape index (κ1) is 13.4. The third-order valence-corrected chi connectivity index (χ3v) is 4.14. The highest BCUT2D eigenvalue weighted by Crippen LogP contribution is 2.30. The van der Waals surface area contributed by atoms with Gasteiger partial charge < -0.3 is 10.0 Å². The Morgan fingerprint density at radius 1 is 1.20 bits per heavy atom. The minimum absolute atomic E-state index is 0.111. The average molecular weight is 335 g/mol. The van der Waals surface area contributed by atoms with E-state index in [0.29, 0.717) is 0 Å². The van der Waals surface area contributed by atoms with Gasteiger partial charge in [0.05, 0.1) is 0 Å². The van der Waals surface area contributed by atoms with Gasteiger partial charge in [0.15, 0.2) is 5.69 Å². The molecule has 1 aromatic carbocycles. The molecule has 2 aromatic rings. The molecule has 2 heterocycles. The van der Waals surface area contributed by atoms with E-state index < -0.39 is 5.97 Å². The highest BCUT2D eigenvalue weighted by atomic mass is 79.9.